The smallest absolute Gasteiger partial charge is 0.894 e. The van der Waals surface area contributed by atoms with E-state index in [0.29, 0.717) is 0 Å². The third kappa shape index (κ3) is 109. The summed E-state index contributed by atoms with van der Waals surface area (Å²) in [6.45, 7) is 0. The van der Waals surface area contributed by atoms with Crippen LogP contribution in [0.1, 0.15) is 0 Å². The van der Waals surface area contributed by atoms with Crippen LogP contribution in [0.2, 0.25) is 0 Å². The van der Waals surface area contributed by atoms with Crippen LogP contribution in [0.4, 0.5) is 0 Å². The molecule has 0 spiro atoms. The molecular weight excluding hydrogens is 219 g/mol. The average molecular weight is 219 g/mol. The molecule has 8 heteroatoms. The summed E-state index contributed by atoms with van der Waals surface area (Å²) in [6, 6.07) is 0. The second-order valence-electron chi connectivity index (χ2n) is 0.500. The normalized spacial score (nSPS) is 7.50. The Morgan fingerprint density at radius 2 is 0.875 bits per heavy atom. The fraction of sp³-hybridized carbons (Fsp3) is 0. The average Bonchev–Trinajstić information content (AvgIpc) is 0.722. The molecule has 0 aromatic heterocycles. The van der Waals surface area contributed by atoms with Gasteiger partial charge in [0, 0.05) is 0 Å². The minimum absolute atomic E-state index is 0. The minimum atomic E-state index is -5.61. The van der Waals surface area contributed by atoms with Gasteiger partial charge in [-0.25, -0.2) is 0 Å². The van der Waals surface area contributed by atoms with Crippen molar-refractivity contribution in [1.29, 1.82) is 0 Å². The molecular formula is AlCrO4SiTi+6. The Hall–Kier alpha value is 1.84. The van der Waals surface area contributed by atoms with Crippen LogP contribution < -0.4 is 19.2 Å². The van der Waals surface area contributed by atoms with E-state index in [2.05, 4.69) is 0 Å². The number of hydrogen-bond acceptors (Lipinski definition) is 4. The summed E-state index contributed by atoms with van der Waals surface area (Å²) >= 11 is 0. The van der Waals surface area contributed by atoms with E-state index in [-0.39, 0.29) is 56.4 Å². The molecule has 0 aliphatic rings. The summed E-state index contributed by atoms with van der Waals surface area (Å²) in [4.78, 5) is 34.3. The Morgan fingerprint density at radius 3 is 0.875 bits per heavy atom. The van der Waals surface area contributed by atoms with Crippen molar-refractivity contribution in [2.45, 2.75) is 0 Å². The molecule has 0 aromatic carbocycles. The van der Waals surface area contributed by atoms with Gasteiger partial charge in [-0.05, 0) is 0 Å². The second kappa shape index (κ2) is 8.84. The predicted molar refractivity (Wildman–Crippen MR) is 11.5 cm³/mol. The first-order valence-electron chi connectivity index (χ1n) is 0.816. The Balaban J connectivity index is -0.0000000267. The van der Waals surface area contributed by atoms with Gasteiger partial charge in [0.05, 0.1) is 0 Å². The number of rotatable bonds is 0. The first-order valence-corrected chi connectivity index (χ1v) is 2.45. The van der Waals surface area contributed by atoms with Gasteiger partial charge < -0.3 is 28.2 Å². The van der Waals surface area contributed by atoms with Crippen LogP contribution >= 0.6 is 0 Å². The topological polar surface area (TPSA) is 92.2 Å². The van der Waals surface area contributed by atoms with Crippen LogP contribution in [0.3, 0.4) is 0 Å². The Kier molecular flexibility index (Phi) is 24.9. The molecule has 0 aliphatic carbocycles. The number of hydrogen-bond donors (Lipinski definition) is 0. The van der Waals surface area contributed by atoms with Crippen molar-refractivity contribution in [3.8, 4) is 0 Å². The maximum absolute atomic E-state index is 8.58. The fourth-order valence-electron chi connectivity index (χ4n) is 0. The van der Waals surface area contributed by atoms with Crippen LogP contribution in [-0.4, -0.2) is 26.4 Å². The molecule has 0 aliphatic heterocycles. The van der Waals surface area contributed by atoms with Crippen LogP contribution in [-0.2, 0) is 39.1 Å². The molecule has 1 radical (unpaired) electrons. The molecule has 0 N–H and O–H groups in total. The zero-order chi connectivity index (χ0) is 4.50. The molecule has 0 fully saturated rings. The molecule has 0 atom stereocenters. The standard InChI is InChI=1S/Al.Cr.O4Si.Ti/c;;1-5(2,3)4;/q2*+3;-4;+4. The van der Waals surface area contributed by atoms with Crippen molar-refractivity contribution in [3.05, 3.63) is 0 Å². The fourth-order valence-corrected chi connectivity index (χ4v) is 0. The summed E-state index contributed by atoms with van der Waals surface area (Å²) in [5.41, 5.74) is 0. The Bertz CT molecular complexity index is 31.5. The summed E-state index contributed by atoms with van der Waals surface area (Å²) < 4.78 is 0. The molecule has 0 heterocycles. The third-order valence-corrected chi connectivity index (χ3v) is 0. The van der Waals surface area contributed by atoms with E-state index in [9.17, 15) is 0 Å². The molecule has 0 saturated heterocycles. The quantitative estimate of drug-likeness (QED) is 0.380. The van der Waals surface area contributed by atoms with Crippen molar-refractivity contribution >= 4 is 26.4 Å². The van der Waals surface area contributed by atoms with E-state index in [1.807, 2.05) is 0 Å². The van der Waals surface area contributed by atoms with E-state index in [1.54, 1.807) is 0 Å². The Morgan fingerprint density at radius 1 is 0.875 bits per heavy atom. The molecule has 0 saturated carbocycles. The van der Waals surface area contributed by atoms with Crippen molar-refractivity contribution in [1.82, 2.24) is 0 Å². The molecule has 0 amide bonds. The molecule has 8 heavy (non-hydrogen) atoms. The molecule has 4 nitrogen and oxygen atoms in total. The van der Waals surface area contributed by atoms with Gasteiger partial charge >= 0.3 is 56.4 Å². The van der Waals surface area contributed by atoms with E-state index in [0.717, 1.165) is 0 Å². The van der Waals surface area contributed by atoms with Crippen LogP contribution in [0.15, 0.2) is 0 Å². The van der Waals surface area contributed by atoms with Crippen molar-refractivity contribution in [2.75, 3.05) is 0 Å². The Labute approximate surface area is 84.2 Å². The summed E-state index contributed by atoms with van der Waals surface area (Å²) in [5.74, 6) is 0. The monoisotopic (exact) mass is 219 g/mol. The van der Waals surface area contributed by atoms with E-state index >= 15 is 0 Å². The van der Waals surface area contributed by atoms with Gasteiger partial charge in [0.25, 0.3) is 0 Å². The first kappa shape index (κ1) is 22.5. The maximum atomic E-state index is 8.58. The van der Waals surface area contributed by atoms with Gasteiger partial charge in [0.15, 0.2) is 0 Å². The van der Waals surface area contributed by atoms with Crippen LogP contribution in [0.25, 0.3) is 0 Å². The van der Waals surface area contributed by atoms with Crippen molar-refractivity contribution in [3.63, 3.8) is 0 Å². The molecule has 0 unspecified atom stereocenters. The van der Waals surface area contributed by atoms with Crippen molar-refractivity contribution < 1.29 is 58.3 Å². The zero-order valence-corrected chi connectivity index (χ0v) is 8.61. The largest absolute Gasteiger partial charge is 4.00 e. The van der Waals surface area contributed by atoms with Crippen LogP contribution in [0, 0.1) is 0 Å². The van der Waals surface area contributed by atoms with E-state index in [1.165, 1.54) is 0 Å². The van der Waals surface area contributed by atoms with Crippen LogP contribution in [0.5, 0.6) is 0 Å². The molecule has 0 rings (SSSR count). The van der Waals surface area contributed by atoms with Gasteiger partial charge in [0.1, 0.15) is 0 Å². The summed E-state index contributed by atoms with van der Waals surface area (Å²) in [6.07, 6.45) is 0. The predicted octanol–water partition coefficient (Wildman–Crippen LogP) is -5.52. The van der Waals surface area contributed by atoms with E-state index < -0.39 is 9.05 Å². The molecule has 0 aromatic rings. The van der Waals surface area contributed by atoms with Gasteiger partial charge in [0.2, 0.25) is 0 Å². The molecule has 0 bridgehead atoms. The molecule has 35 valence electrons. The first-order chi connectivity index (χ1) is 2.00. The maximum Gasteiger partial charge on any atom is 4.00 e. The summed E-state index contributed by atoms with van der Waals surface area (Å²) in [5, 5.41) is 0. The zero-order valence-electron chi connectivity index (χ0n) is 3.62. The minimum Gasteiger partial charge on any atom is -0.894 e. The van der Waals surface area contributed by atoms with E-state index in [4.69, 9.17) is 19.2 Å². The van der Waals surface area contributed by atoms with Gasteiger partial charge in [-0.3, -0.25) is 0 Å². The van der Waals surface area contributed by atoms with Gasteiger partial charge in [-0.15, -0.1) is 0 Å². The summed E-state index contributed by atoms with van der Waals surface area (Å²) in [7, 11) is -5.61. The van der Waals surface area contributed by atoms with Gasteiger partial charge in [-0.1, -0.05) is 0 Å². The SMILES string of the molecule is [Al+3].[Cr+3].[O-][Si]([O-])([O-])[O-].[Ti+4]. The van der Waals surface area contributed by atoms with Crippen molar-refractivity contribution in [2.24, 2.45) is 0 Å². The second-order valence-corrected chi connectivity index (χ2v) is 1.50. The third-order valence-electron chi connectivity index (χ3n) is 0. The van der Waals surface area contributed by atoms with Gasteiger partial charge in [-0.2, -0.15) is 0 Å².